The summed E-state index contributed by atoms with van der Waals surface area (Å²) in [7, 11) is 0. The summed E-state index contributed by atoms with van der Waals surface area (Å²) >= 11 is 0.408. The van der Waals surface area contributed by atoms with Crippen LogP contribution in [0.15, 0.2) is 30.3 Å². The molecule has 1 rings (SSSR count). The molecule has 78 valence electrons. The van der Waals surface area contributed by atoms with Gasteiger partial charge in [-0.1, -0.05) is 0 Å². The van der Waals surface area contributed by atoms with Gasteiger partial charge in [0.1, 0.15) is 0 Å². The molecule has 0 radical (unpaired) electrons. The van der Waals surface area contributed by atoms with Crippen LogP contribution in [0, 0.1) is 0 Å². The Balaban J connectivity index is 2.57. The van der Waals surface area contributed by atoms with Crippen molar-refractivity contribution in [1.82, 2.24) is 0 Å². The molecule has 0 aliphatic heterocycles. The Morgan fingerprint density at radius 1 is 1.14 bits per heavy atom. The molecule has 0 heterocycles. The first-order valence-electron chi connectivity index (χ1n) is 5.17. The molecule has 0 aliphatic carbocycles. The molecule has 0 amide bonds. The van der Waals surface area contributed by atoms with E-state index in [9.17, 15) is 5.11 Å². The summed E-state index contributed by atoms with van der Waals surface area (Å²) in [6.45, 7) is 4.21. The molecule has 0 fully saturated rings. The molecular weight excluding hydrogens is 239 g/mol. The molecule has 1 nitrogen and oxygen atoms in total. The number of rotatable bonds is 5. The Morgan fingerprint density at radius 3 is 2.29 bits per heavy atom. The van der Waals surface area contributed by atoms with Crippen LogP contribution in [0.1, 0.15) is 26.7 Å². The Bertz CT molecular complexity index is 248. The van der Waals surface area contributed by atoms with Crippen molar-refractivity contribution in [3.05, 3.63) is 30.3 Å². The third kappa shape index (κ3) is 3.45. The van der Waals surface area contributed by atoms with Crippen LogP contribution in [0.3, 0.4) is 0 Å². The standard InChI is InChI=1S/C12H18OSe/c1-3-11(13)12(4-2)14-10-8-6-5-7-9-10/h5-9,11-13H,3-4H2,1-2H3. The van der Waals surface area contributed by atoms with E-state index in [4.69, 9.17) is 0 Å². The monoisotopic (exact) mass is 258 g/mol. The van der Waals surface area contributed by atoms with Crippen molar-refractivity contribution in [1.29, 1.82) is 0 Å². The predicted octanol–water partition coefficient (Wildman–Crippen LogP) is 1.99. The van der Waals surface area contributed by atoms with Gasteiger partial charge in [0.05, 0.1) is 0 Å². The van der Waals surface area contributed by atoms with Crippen LogP contribution in [0.5, 0.6) is 0 Å². The van der Waals surface area contributed by atoms with Crippen LogP contribution in [0.4, 0.5) is 0 Å². The quantitative estimate of drug-likeness (QED) is 0.800. The average molecular weight is 257 g/mol. The summed E-state index contributed by atoms with van der Waals surface area (Å²) in [5.41, 5.74) is 0. The first-order chi connectivity index (χ1) is 6.77. The zero-order chi connectivity index (χ0) is 10.4. The molecule has 2 unspecified atom stereocenters. The molecular formula is C12H18OSe. The average Bonchev–Trinajstić information content (AvgIpc) is 2.26. The molecule has 2 heteroatoms. The van der Waals surface area contributed by atoms with Gasteiger partial charge in [-0.2, -0.15) is 0 Å². The second-order valence-electron chi connectivity index (χ2n) is 3.35. The number of aliphatic hydroxyl groups is 1. The maximum absolute atomic E-state index is 9.79. The molecule has 0 aromatic heterocycles. The van der Waals surface area contributed by atoms with Crippen LogP contribution in [0.2, 0.25) is 4.82 Å². The summed E-state index contributed by atoms with van der Waals surface area (Å²) in [6, 6.07) is 10.5. The number of hydrogen-bond acceptors (Lipinski definition) is 1. The van der Waals surface area contributed by atoms with Crippen LogP contribution in [-0.2, 0) is 0 Å². The summed E-state index contributed by atoms with van der Waals surface area (Å²) in [4.78, 5) is 0.468. The van der Waals surface area contributed by atoms with Gasteiger partial charge in [0, 0.05) is 0 Å². The van der Waals surface area contributed by atoms with Gasteiger partial charge in [-0.3, -0.25) is 0 Å². The third-order valence-corrected chi connectivity index (χ3v) is 5.42. The van der Waals surface area contributed by atoms with Crippen molar-refractivity contribution in [2.24, 2.45) is 0 Å². The number of aliphatic hydroxyl groups excluding tert-OH is 1. The molecule has 1 aromatic rings. The SMILES string of the molecule is CCC(O)C(CC)[Se]c1ccccc1. The molecule has 1 N–H and O–H groups in total. The van der Waals surface area contributed by atoms with Crippen molar-refractivity contribution in [3.63, 3.8) is 0 Å². The summed E-state index contributed by atoms with van der Waals surface area (Å²) in [5, 5.41) is 9.79. The van der Waals surface area contributed by atoms with Crippen LogP contribution >= 0.6 is 0 Å². The zero-order valence-electron chi connectivity index (χ0n) is 8.81. The number of benzene rings is 1. The predicted molar refractivity (Wildman–Crippen MR) is 62.2 cm³/mol. The van der Waals surface area contributed by atoms with E-state index in [0.29, 0.717) is 19.8 Å². The van der Waals surface area contributed by atoms with Crippen molar-refractivity contribution in [2.45, 2.75) is 37.6 Å². The third-order valence-electron chi connectivity index (χ3n) is 2.28. The minimum atomic E-state index is -0.125. The fourth-order valence-corrected chi connectivity index (χ4v) is 3.85. The number of hydrogen-bond donors (Lipinski definition) is 1. The maximum atomic E-state index is 9.79. The summed E-state index contributed by atoms with van der Waals surface area (Å²) in [5.74, 6) is 0. The molecule has 2 atom stereocenters. The van der Waals surface area contributed by atoms with Gasteiger partial charge < -0.3 is 0 Å². The Hall–Kier alpha value is -0.301. The second kappa shape index (κ2) is 6.23. The molecule has 0 bridgehead atoms. The van der Waals surface area contributed by atoms with E-state index < -0.39 is 0 Å². The molecule has 14 heavy (non-hydrogen) atoms. The fourth-order valence-electron chi connectivity index (χ4n) is 1.37. The Morgan fingerprint density at radius 2 is 1.79 bits per heavy atom. The molecule has 0 spiro atoms. The Kier molecular flexibility index (Phi) is 5.24. The van der Waals surface area contributed by atoms with Crippen molar-refractivity contribution < 1.29 is 5.11 Å². The van der Waals surface area contributed by atoms with Crippen molar-refractivity contribution >= 4 is 19.4 Å². The fraction of sp³-hybridized carbons (Fsp3) is 0.500. The van der Waals surface area contributed by atoms with Crippen LogP contribution in [-0.4, -0.2) is 26.2 Å². The Labute approximate surface area is 92.7 Å². The molecule has 0 saturated carbocycles. The molecule has 1 aromatic carbocycles. The van der Waals surface area contributed by atoms with E-state index in [0.717, 1.165) is 12.8 Å². The van der Waals surface area contributed by atoms with Gasteiger partial charge in [0.15, 0.2) is 0 Å². The minimum absolute atomic E-state index is 0.125. The van der Waals surface area contributed by atoms with Crippen molar-refractivity contribution in [3.8, 4) is 0 Å². The topological polar surface area (TPSA) is 20.2 Å². The summed E-state index contributed by atoms with van der Waals surface area (Å²) in [6.07, 6.45) is 1.82. The zero-order valence-corrected chi connectivity index (χ0v) is 10.5. The van der Waals surface area contributed by atoms with E-state index in [1.165, 1.54) is 4.46 Å². The van der Waals surface area contributed by atoms with E-state index in [2.05, 4.69) is 38.1 Å². The van der Waals surface area contributed by atoms with E-state index in [-0.39, 0.29) is 6.10 Å². The van der Waals surface area contributed by atoms with Gasteiger partial charge in [0.25, 0.3) is 0 Å². The van der Waals surface area contributed by atoms with Crippen molar-refractivity contribution in [2.75, 3.05) is 0 Å². The van der Waals surface area contributed by atoms with Gasteiger partial charge in [-0.05, 0) is 0 Å². The van der Waals surface area contributed by atoms with Crippen LogP contribution < -0.4 is 4.46 Å². The van der Waals surface area contributed by atoms with Gasteiger partial charge in [-0.25, -0.2) is 0 Å². The first-order valence-corrected chi connectivity index (χ1v) is 7.02. The van der Waals surface area contributed by atoms with E-state index in [1.807, 2.05) is 6.07 Å². The van der Waals surface area contributed by atoms with Gasteiger partial charge in [-0.15, -0.1) is 0 Å². The molecule has 0 aliphatic rings. The second-order valence-corrected chi connectivity index (χ2v) is 6.11. The van der Waals surface area contributed by atoms with E-state index >= 15 is 0 Å². The summed E-state index contributed by atoms with van der Waals surface area (Å²) < 4.78 is 1.39. The molecule has 0 saturated heterocycles. The van der Waals surface area contributed by atoms with E-state index in [1.54, 1.807) is 0 Å². The van der Waals surface area contributed by atoms with Gasteiger partial charge in [0.2, 0.25) is 0 Å². The first kappa shape index (κ1) is 11.8. The normalized spacial score (nSPS) is 15.1. The van der Waals surface area contributed by atoms with Crippen LogP contribution in [0.25, 0.3) is 0 Å². The van der Waals surface area contributed by atoms with Gasteiger partial charge >= 0.3 is 92.5 Å².